The number of hydrogen-bond acceptors (Lipinski definition) is 5. The van der Waals surface area contributed by atoms with Gasteiger partial charge in [0.25, 0.3) is 5.91 Å². The van der Waals surface area contributed by atoms with Gasteiger partial charge in [-0.25, -0.2) is 4.98 Å². The highest BCUT2D eigenvalue weighted by Gasteiger charge is 2.40. The fourth-order valence-electron chi connectivity index (χ4n) is 2.42. The maximum Gasteiger partial charge on any atom is 0.311 e. The van der Waals surface area contributed by atoms with Crippen molar-refractivity contribution < 1.29 is 19.4 Å². The number of H-pyrrole nitrogens is 1. The number of rotatable bonds is 6. The molecule has 0 aromatic carbocycles. The molecule has 2 heterocycles. The van der Waals surface area contributed by atoms with Crippen LogP contribution in [-0.4, -0.2) is 62.9 Å². The number of nitrogens with one attached hydrogen (secondary N) is 1. The average molecular weight is 296 g/mol. The molecule has 21 heavy (non-hydrogen) atoms. The maximum atomic E-state index is 12.6. The lowest BCUT2D eigenvalue weighted by atomic mass is 10.0. The zero-order valence-corrected chi connectivity index (χ0v) is 12.2. The van der Waals surface area contributed by atoms with Gasteiger partial charge in [0.1, 0.15) is 11.7 Å². The van der Waals surface area contributed by atoms with Crippen LogP contribution in [0.25, 0.3) is 0 Å². The van der Waals surface area contributed by atoms with E-state index in [1.165, 1.54) is 4.90 Å². The quantitative estimate of drug-likeness (QED) is 0.782. The Morgan fingerprint density at radius 1 is 1.43 bits per heavy atom. The largest absolute Gasteiger partial charge is 0.481 e. The zero-order chi connectivity index (χ0) is 15.4. The van der Waals surface area contributed by atoms with E-state index in [1.807, 2.05) is 13.8 Å². The minimum Gasteiger partial charge on any atom is -0.481 e. The molecule has 116 valence electrons. The van der Waals surface area contributed by atoms with Crippen LogP contribution in [0.2, 0.25) is 0 Å². The highest BCUT2D eigenvalue weighted by atomic mass is 16.5. The molecular weight excluding hydrogens is 276 g/mol. The second kappa shape index (κ2) is 6.66. The number of ether oxygens (including phenoxy) is 1. The second-order valence-electron chi connectivity index (χ2n) is 5.01. The molecule has 1 aliphatic heterocycles. The minimum atomic E-state index is -0.948. The first-order valence-corrected chi connectivity index (χ1v) is 7.11. The summed E-state index contributed by atoms with van der Waals surface area (Å²) in [6.45, 7) is 4.65. The standard InChI is InChI=1S/C13H20N4O4/c1-3-5-17(9-7-21-6-8(9)13(19)20)12(18)11-14-10(4-2)15-16-11/h8-9H,3-7H2,1-2H3,(H,19,20)(H,14,15,16). The molecule has 1 aromatic rings. The normalized spacial score (nSPS) is 21.4. The van der Waals surface area contributed by atoms with Crippen LogP contribution in [0, 0.1) is 5.92 Å². The van der Waals surface area contributed by atoms with E-state index in [4.69, 9.17) is 4.74 Å². The predicted octanol–water partition coefficient (Wildman–Crippen LogP) is 0.319. The molecule has 1 fully saturated rings. The van der Waals surface area contributed by atoms with Gasteiger partial charge in [0.2, 0.25) is 5.82 Å². The zero-order valence-electron chi connectivity index (χ0n) is 12.2. The van der Waals surface area contributed by atoms with Crippen LogP contribution >= 0.6 is 0 Å². The number of amides is 1. The van der Waals surface area contributed by atoms with Gasteiger partial charge in [0.15, 0.2) is 0 Å². The number of carboxylic acid groups (broad SMARTS) is 1. The second-order valence-corrected chi connectivity index (χ2v) is 5.01. The lowest BCUT2D eigenvalue weighted by Gasteiger charge is -2.29. The molecule has 1 saturated heterocycles. The maximum absolute atomic E-state index is 12.6. The number of aromatic nitrogens is 3. The van der Waals surface area contributed by atoms with Crippen molar-refractivity contribution in [2.75, 3.05) is 19.8 Å². The molecule has 2 N–H and O–H groups in total. The van der Waals surface area contributed by atoms with Crippen LogP contribution in [0.15, 0.2) is 0 Å². The van der Waals surface area contributed by atoms with Crippen LogP contribution < -0.4 is 0 Å². The van der Waals surface area contributed by atoms with Gasteiger partial charge in [-0.1, -0.05) is 13.8 Å². The first-order chi connectivity index (χ1) is 10.1. The highest BCUT2D eigenvalue weighted by Crippen LogP contribution is 2.21. The van der Waals surface area contributed by atoms with Gasteiger partial charge >= 0.3 is 5.97 Å². The third kappa shape index (κ3) is 3.21. The molecule has 1 aliphatic rings. The van der Waals surface area contributed by atoms with E-state index in [0.29, 0.717) is 18.8 Å². The Labute approximate surface area is 122 Å². The molecule has 0 radical (unpaired) electrons. The first-order valence-electron chi connectivity index (χ1n) is 7.11. The van der Waals surface area contributed by atoms with E-state index in [-0.39, 0.29) is 24.9 Å². The van der Waals surface area contributed by atoms with E-state index in [1.54, 1.807) is 0 Å². The first kappa shape index (κ1) is 15.4. The summed E-state index contributed by atoms with van der Waals surface area (Å²) in [5, 5.41) is 15.9. The van der Waals surface area contributed by atoms with Crippen LogP contribution in [-0.2, 0) is 16.0 Å². The Morgan fingerprint density at radius 2 is 2.19 bits per heavy atom. The number of carbonyl (C=O) groups is 2. The number of aliphatic carboxylic acids is 1. The molecule has 2 unspecified atom stereocenters. The van der Waals surface area contributed by atoms with E-state index in [2.05, 4.69) is 15.2 Å². The van der Waals surface area contributed by atoms with E-state index in [9.17, 15) is 14.7 Å². The van der Waals surface area contributed by atoms with Gasteiger partial charge in [-0.15, -0.1) is 5.10 Å². The summed E-state index contributed by atoms with van der Waals surface area (Å²) >= 11 is 0. The Morgan fingerprint density at radius 3 is 2.76 bits per heavy atom. The van der Waals surface area contributed by atoms with E-state index >= 15 is 0 Å². The smallest absolute Gasteiger partial charge is 0.311 e. The minimum absolute atomic E-state index is 0.0799. The monoisotopic (exact) mass is 296 g/mol. The molecule has 0 saturated carbocycles. The molecule has 1 aromatic heterocycles. The number of hydrogen-bond donors (Lipinski definition) is 2. The topological polar surface area (TPSA) is 108 Å². The summed E-state index contributed by atoms with van der Waals surface area (Å²) in [5.74, 6) is -1.29. The SMILES string of the molecule is CCCN(C(=O)c1n[nH]c(CC)n1)C1COCC1C(=O)O. The number of aromatic amines is 1. The molecule has 8 heteroatoms. The van der Waals surface area contributed by atoms with Crippen LogP contribution in [0.4, 0.5) is 0 Å². The van der Waals surface area contributed by atoms with Crippen molar-refractivity contribution >= 4 is 11.9 Å². The van der Waals surface area contributed by atoms with Gasteiger partial charge in [0.05, 0.1) is 19.3 Å². The third-order valence-corrected chi connectivity index (χ3v) is 3.55. The van der Waals surface area contributed by atoms with Crippen molar-refractivity contribution in [1.82, 2.24) is 20.1 Å². The van der Waals surface area contributed by atoms with Crippen LogP contribution in [0.5, 0.6) is 0 Å². The van der Waals surface area contributed by atoms with Crippen molar-refractivity contribution in [3.63, 3.8) is 0 Å². The van der Waals surface area contributed by atoms with Crippen molar-refractivity contribution in [3.8, 4) is 0 Å². The Balaban J connectivity index is 2.21. The van der Waals surface area contributed by atoms with E-state index < -0.39 is 17.9 Å². The molecule has 0 bridgehead atoms. The summed E-state index contributed by atoms with van der Waals surface area (Å²) in [7, 11) is 0. The molecule has 2 atom stereocenters. The Kier molecular flexibility index (Phi) is 4.89. The number of carboxylic acids is 1. The van der Waals surface area contributed by atoms with Gasteiger partial charge in [0, 0.05) is 13.0 Å². The van der Waals surface area contributed by atoms with Gasteiger partial charge < -0.3 is 14.7 Å². The lowest BCUT2D eigenvalue weighted by Crippen LogP contribution is -2.47. The number of aryl methyl sites for hydroxylation is 1. The summed E-state index contributed by atoms with van der Waals surface area (Å²) in [4.78, 5) is 29.5. The van der Waals surface area contributed by atoms with Crippen molar-refractivity contribution in [3.05, 3.63) is 11.6 Å². The molecule has 2 rings (SSSR count). The van der Waals surface area contributed by atoms with Gasteiger partial charge in [-0.05, 0) is 6.42 Å². The summed E-state index contributed by atoms with van der Waals surface area (Å²) < 4.78 is 5.25. The Bertz CT molecular complexity index is 516. The predicted molar refractivity (Wildman–Crippen MR) is 72.8 cm³/mol. The Hall–Kier alpha value is -1.96. The van der Waals surface area contributed by atoms with Gasteiger partial charge in [-0.3, -0.25) is 14.7 Å². The molecule has 0 aliphatic carbocycles. The number of carbonyl (C=O) groups excluding carboxylic acids is 1. The third-order valence-electron chi connectivity index (χ3n) is 3.55. The molecule has 8 nitrogen and oxygen atoms in total. The van der Waals surface area contributed by atoms with Gasteiger partial charge in [-0.2, -0.15) is 0 Å². The average Bonchev–Trinajstić information content (AvgIpc) is 3.12. The summed E-state index contributed by atoms with van der Waals surface area (Å²) in [5.41, 5.74) is 0. The number of nitrogens with zero attached hydrogens (tertiary/aromatic N) is 3. The van der Waals surface area contributed by atoms with Crippen molar-refractivity contribution in [1.29, 1.82) is 0 Å². The van der Waals surface area contributed by atoms with E-state index in [0.717, 1.165) is 6.42 Å². The fraction of sp³-hybridized carbons (Fsp3) is 0.692. The highest BCUT2D eigenvalue weighted by molar-refractivity contribution is 5.91. The van der Waals surface area contributed by atoms with Crippen LogP contribution in [0.1, 0.15) is 36.7 Å². The molecular formula is C13H20N4O4. The summed E-state index contributed by atoms with van der Waals surface area (Å²) in [6, 6.07) is -0.474. The van der Waals surface area contributed by atoms with Crippen LogP contribution in [0.3, 0.4) is 0 Å². The van der Waals surface area contributed by atoms with Crippen molar-refractivity contribution in [2.24, 2.45) is 5.92 Å². The molecule has 0 spiro atoms. The summed E-state index contributed by atoms with van der Waals surface area (Å²) in [6.07, 6.45) is 1.37. The molecule has 1 amide bonds. The fourth-order valence-corrected chi connectivity index (χ4v) is 2.42. The lowest BCUT2D eigenvalue weighted by molar-refractivity contribution is -0.142. The van der Waals surface area contributed by atoms with Crippen molar-refractivity contribution in [2.45, 2.75) is 32.7 Å².